The number of rotatable bonds is 4. The molecule has 0 unspecified atom stereocenters. The van der Waals surface area contributed by atoms with Gasteiger partial charge in [-0.2, -0.15) is 0 Å². The third-order valence-electron chi connectivity index (χ3n) is 2.97. The number of nitrogens with zero attached hydrogens (tertiary/aromatic N) is 1. The number of methoxy groups -OCH3 is 2. The van der Waals surface area contributed by atoms with Crippen molar-refractivity contribution < 1.29 is 9.47 Å². The zero-order valence-corrected chi connectivity index (χ0v) is 13.5. The van der Waals surface area contributed by atoms with E-state index in [2.05, 4.69) is 4.99 Å². The topological polar surface area (TPSA) is 30.8 Å². The third kappa shape index (κ3) is 3.69. The van der Waals surface area contributed by atoms with Crippen LogP contribution in [-0.2, 0) is 0 Å². The van der Waals surface area contributed by atoms with E-state index in [0.717, 1.165) is 16.8 Å². The maximum Gasteiger partial charge on any atom is 0.179 e. The summed E-state index contributed by atoms with van der Waals surface area (Å²) >= 11 is 12.2. The van der Waals surface area contributed by atoms with Crippen LogP contribution >= 0.6 is 23.2 Å². The number of ether oxygens (including phenoxy) is 2. The average Bonchev–Trinajstić information content (AvgIpc) is 2.47. The molecule has 0 aliphatic carbocycles. The van der Waals surface area contributed by atoms with E-state index in [9.17, 15) is 0 Å². The number of aryl methyl sites for hydroxylation is 1. The van der Waals surface area contributed by atoms with Crippen LogP contribution in [0.4, 0.5) is 5.69 Å². The summed E-state index contributed by atoms with van der Waals surface area (Å²) in [5, 5.41) is 1.16. The molecule has 110 valence electrons. The van der Waals surface area contributed by atoms with Crippen molar-refractivity contribution in [3.05, 3.63) is 51.5 Å². The molecule has 0 bridgehead atoms. The van der Waals surface area contributed by atoms with Crippen LogP contribution in [0.3, 0.4) is 0 Å². The Morgan fingerprint density at radius 3 is 2.38 bits per heavy atom. The van der Waals surface area contributed by atoms with E-state index in [1.54, 1.807) is 26.5 Å². The molecule has 0 aromatic heterocycles. The molecule has 0 fully saturated rings. The van der Waals surface area contributed by atoms with Crippen molar-refractivity contribution in [2.24, 2.45) is 4.99 Å². The fourth-order valence-electron chi connectivity index (χ4n) is 1.82. The summed E-state index contributed by atoms with van der Waals surface area (Å²) in [6.45, 7) is 1.95. The molecule has 2 rings (SSSR count). The molecular formula is C16H15Cl2NO2. The zero-order valence-electron chi connectivity index (χ0n) is 12.0. The maximum atomic E-state index is 6.15. The van der Waals surface area contributed by atoms with Gasteiger partial charge in [-0.25, -0.2) is 0 Å². The first-order valence-corrected chi connectivity index (χ1v) is 7.02. The van der Waals surface area contributed by atoms with Crippen LogP contribution in [0.25, 0.3) is 0 Å². The van der Waals surface area contributed by atoms with Gasteiger partial charge in [0.05, 0.1) is 24.9 Å². The van der Waals surface area contributed by atoms with Gasteiger partial charge in [-0.3, -0.25) is 4.99 Å². The van der Waals surface area contributed by atoms with Crippen molar-refractivity contribution >= 4 is 35.1 Å². The molecule has 0 N–H and O–H groups in total. The molecule has 2 aromatic carbocycles. The second-order valence-corrected chi connectivity index (χ2v) is 5.24. The lowest BCUT2D eigenvalue weighted by Gasteiger charge is -2.09. The predicted octanol–water partition coefficient (Wildman–Crippen LogP) is 5.07. The lowest BCUT2D eigenvalue weighted by molar-refractivity contribution is 0.355. The lowest BCUT2D eigenvalue weighted by Crippen LogP contribution is -1.93. The Morgan fingerprint density at radius 1 is 1.00 bits per heavy atom. The molecule has 0 aliphatic heterocycles. The number of benzene rings is 2. The van der Waals surface area contributed by atoms with Crippen LogP contribution in [-0.4, -0.2) is 20.4 Å². The first-order valence-electron chi connectivity index (χ1n) is 6.27. The van der Waals surface area contributed by atoms with Gasteiger partial charge in [-0.05, 0) is 42.3 Å². The minimum Gasteiger partial charge on any atom is -0.493 e. The number of hydrogen-bond donors (Lipinski definition) is 0. The van der Waals surface area contributed by atoms with Gasteiger partial charge in [-0.15, -0.1) is 0 Å². The van der Waals surface area contributed by atoms with Gasteiger partial charge >= 0.3 is 0 Å². The van der Waals surface area contributed by atoms with Crippen molar-refractivity contribution in [2.75, 3.05) is 14.2 Å². The largest absolute Gasteiger partial charge is 0.493 e. The van der Waals surface area contributed by atoms with Gasteiger partial charge in [0.15, 0.2) is 11.5 Å². The Labute approximate surface area is 134 Å². The van der Waals surface area contributed by atoms with Crippen molar-refractivity contribution in [1.82, 2.24) is 0 Å². The van der Waals surface area contributed by atoms with E-state index in [0.29, 0.717) is 21.5 Å². The molecule has 0 amide bonds. The molecule has 3 nitrogen and oxygen atoms in total. The summed E-state index contributed by atoms with van der Waals surface area (Å²) in [4.78, 5) is 4.39. The van der Waals surface area contributed by atoms with Crippen molar-refractivity contribution in [2.45, 2.75) is 6.92 Å². The van der Waals surface area contributed by atoms with E-state index in [-0.39, 0.29) is 0 Å². The first-order chi connectivity index (χ1) is 10.0. The van der Waals surface area contributed by atoms with E-state index in [1.165, 1.54) is 0 Å². The van der Waals surface area contributed by atoms with Gasteiger partial charge in [0.2, 0.25) is 0 Å². The number of aliphatic imine (C=N–C) groups is 1. The standard InChI is InChI=1S/C16H15Cl2NO2/c1-10-4-5-12(8-13(10)17)19-9-11-6-14(18)16(21-3)15(7-11)20-2/h4-9H,1-3H3. The maximum absolute atomic E-state index is 6.15. The Bertz CT molecular complexity index is 684. The summed E-state index contributed by atoms with van der Waals surface area (Å²) in [6.07, 6.45) is 1.70. The van der Waals surface area contributed by atoms with Crippen LogP contribution in [0.2, 0.25) is 10.0 Å². The molecule has 2 aromatic rings. The average molecular weight is 324 g/mol. The van der Waals surface area contributed by atoms with Crippen molar-refractivity contribution in [3.8, 4) is 11.5 Å². The highest BCUT2D eigenvalue weighted by atomic mass is 35.5. The monoisotopic (exact) mass is 323 g/mol. The highest BCUT2D eigenvalue weighted by molar-refractivity contribution is 6.32. The normalized spacial score (nSPS) is 10.9. The Kier molecular flexibility index (Phi) is 5.10. The molecule has 0 saturated heterocycles. The van der Waals surface area contributed by atoms with Crippen LogP contribution in [0, 0.1) is 6.92 Å². The van der Waals surface area contributed by atoms with Crippen LogP contribution < -0.4 is 9.47 Å². The SMILES string of the molecule is COc1cc(C=Nc2ccc(C)c(Cl)c2)cc(Cl)c1OC. The lowest BCUT2D eigenvalue weighted by atomic mass is 10.2. The van der Waals surface area contributed by atoms with Crippen LogP contribution in [0.15, 0.2) is 35.3 Å². The number of halogens is 2. The molecule has 0 radical (unpaired) electrons. The van der Waals surface area contributed by atoms with E-state index in [4.69, 9.17) is 32.7 Å². The van der Waals surface area contributed by atoms with Crippen molar-refractivity contribution in [3.63, 3.8) is 0 Å². The highest BCUT2D eigenvalue weighted by Gasteiger charge is 2.09. The Morgan fingerprint density at radius 2 is 1.76 bits per heavy atom. The van der Waals surface area contributed by atoms with E-state index >= 15 is 0 Å². The van der Waals surface area contributed by atoms with Gasteiger partial charge < -0.3 is 9.47 Å². The molecule has 21 heavy (non-hydrogen) atoms. The minimum atomic E-state index is 0.472. The molecule has 0 heterocycles. The summed E-state index contributed by atoms with van der Waals surface area (Å²) in [6, 6.07) is 9.22. The molecule has 5 heteroatoms. The van der Waals surface area contributed by atoms with Gasteiger partial charge in [0, 0.05) is 11.2 Å². The summed E-state index contributed by atoms with van der Waals surface area (Å²) in [5.74, 6) is 1.07. The van der Waals surface area contributed by atoms with E-state index in [1.807, 2.05) is 31.2 Å². The summed E-state index contributed by atoms with van der Waals surface area (Å²) < 4.78 is 10.4. The second kappa shape index (κ2) is 6.83. The third-order valence-corrected chi connectivity index (χ3v) is 3.66. The van der Waals surface area contributed by atoms with Crippen LogP contribution in [0.5, 0.6) is 11.5 Å². The van der Waals surface area contributed by atoms with Gasteiger partial charge in [0.25, 0.3) is 0 Å². The Hall–Kier alpha value is -1.71. The Balaban J connectivity index is 2.32. The quantitative estimate of drug-likeness (QED) is 0.735. The summed E-state index contributed by atoms with van der Waals surface area (Å²) in [7, 11) is 3.11. The minimum absolute atomic E-state index is 0.472. The fraction of sp³-hybridized carbons (Fsp3) is 0.188. The second-order valence-electron chi connectivity index (χ2n) is 4.43. The molecule has 0 aliphatic rings. The number of hydrogen-bond acceptors (Lipinski definition) is 3. The first kappa shape index (κ1) is 15.7. The summed E-state index contributed by atoms with van der Waals surface area (Å²) in [5.41, 5.74) is 2.61. The molecule has 0 saturated carbocycles. The molecule has 0 atom stereocenters. The van der Waals surface area contributed by atoms with E-state index < -0.39 is 0 Å². The smallest absolute Gasteiger partial charge is 0.179 e. The van der Waals surface area contributed by atoms with Crippen LogP contribution in [0.1, 0.15) is 11.1 Å². The molecule has 0 spiro atoms. The van der Waals surface area contributed by atoms with Gasteiger partial charge in [0.1, 0.15) is 0 Å². The fourth-order valence-corrected chi connectivity index (χ4v) is 2.29. The van der Waals surface area contributed by atoms with Crippen molar-refractivity contribution in [1.29, 1.82) is 0 Å². The van der Waals surface area contributed by atoms with Gasteiger partial charge in [-0.1, -0.05) is 29.3 Å². The highest BCUT2D eigenvalue weighted by Crippen LogP contribution is 2.35. The predicted molar refractivity (Wildman–Crippen MR) is 88.0 cm³/mol. The zero-order chi connectivity index (χ0) is 15.4. The molecular weight excluding hydrogens is 309 g/mol.